The number of hydrogen-bond acceptors (Lipinski definition) is 6. The van der Waals surface area contributed by atoms with Gasteiger partial charge in [0.1, 0.15) is 5.82 Å². The lowest BCUT2D eigenvalue weighted by Crippen LogP contribution is -2.48. The van der Waals surface area contributed by atoms with Gasteiger partial charge in [-0.3, -0.25) is 9.69 Å². The summed E-state index contributed by atoms with van der Waals surface area (Å²) >= 11 is 1.61. The SMILES string of the molecule is O=C(Cc1cccs1)N1CCN(Cc2noc(-c3cccc(F)c3)n2)CC1. The number of hydrogen-bond donors (Lipinski definition) is 0. The summed E-state index contributed by atoms with van der Waals surface area (Å²) in [6, 6.07) is 10.0. The Balaban J connectivity index is 1.30. The lowest BCUT2D eigenvalue weighted by atomic mass is 10.2. The summed E-state index contributed by atoms with van der Waals surface area (Å²) in [6.45, 7) is 3.46. The lowest BCUT2D eigenvalue weighted by molar-refractivity contribution is -0.132. The molecule has 0 bridgehead atoms. The van der Waals surface area contributed by atoms with E-state index in [0.717, 1.165) is 18.0 Å². The largest absolute Gasteiger partial charge is 0.340 e. The van der Waals surface area contributed by atoms with Crippen LogP contribution in [0.5, 0.6) is 0 Å². The van der Waals surface area contributed by atoms with E-state index >= 15 is 0 Å². The fourth-order valence-electron chi connectivity index (χ4n) is 3.09. The molecule has 2 aromatic heterocycles. The molecule has 1 aliphatic heterocycles. The minimum Gasteiger partial charge on any atom is -0.340 e. The number of halogens is 1. The summed E-state index contributed by atoms with van der Waals surface area (Å²) < 4.78 is 18.6. The second-order valence-corrected chi connectivity index (χ2v) is 7.47. The van der Waals surface area contributed by atoms with Gasteiger partial charge in [0.15, 0.2) is 5.82 Å². The molecule has 0 aliphatic carbocycles. The van der Waals surface area contributed by atoms with Crippen LogP contribution < -0.4 is 0 Å². The highest BCUT2D eigenvalue weighted by molar-refractivity contribution is 7.10. The molecule has 1 aliphatic rings. The van der Waals surface area contributed by atoms with Gasteiger partial charge in [-0.25, -0.2) is 4.39 Å². The molecule has 1 aromatic carbocycles. The van der Waals surface area contributed by atoms with E-state index in [1.807, 2.05) is 22.4 Å². The molecule has 0 radical (unpaired) electrons. The van der Waals surface area contributed by atoms with Crippen molar-refractivity contribution in [3.8, 4) is 11.5 Å². The van der Waals surface area contributed by atoms with Crippen LogP contribution in [0.15, 0.2) is 46.3 Å². The molecule has 3 heterocycles. The molecule has 3 aromatic rings. The molecular weight excluding hydrogens is 367 g/mol. The average Bonchev–Trinajstić information content (AvgIpc) is 3.34. The van der Waals surface area contributed by atoms with Crippen molar-refractivity contribution in [3.63, 3.8) is 0 Å². The van der Waals surface area contributed by atoms with Crippen LogP contribution >= 0.6 is 11.3 Å². The summed E-state index contributed by atoms with van der Waals surface area (Å²) in [6.07, 6.45) is 0.472. The number of aromatic nitrogens is 2. The minimum atomic E-state index is -0.337. The average molecular weight is 386 g/mol. The molecule has 8 heteroatoms. The van der Waals surface area contributed by atoms with Gasteiger partial charge in [-0.05, 0) is 29.6 Å². The van der Waals surface area contributed by atoms with Gasteiger partial charge in [0.25, 0.3) is 5.89 Å². The van der Waals surface area contributed by atoms with Gasteiger partial charge < -0.3 is 9.42 Å². The molecule has 0 atom stereocenters. The predicted molar refractivity (Wildman–Crippen MR) is 99.6 cm³/mol. The highest BCUT2D eigenvalue weighted by Crippen LogP contribution is 2.19. The van der Waals surface area contributed by atoms with Gasteiger partial charge in [-0.2, -0.15) is 4.98 Å². The van der Waals surface area contributed by atoms with Crippen LogP contribution in [0.2, 0.25) is 0 Å². The Morgan fingerprint density at radius 2 is 2.04 bits per heavy atom. The first-order chi connectivity index (χ1) is 13.2. The number of benzene rings is 1. The van der Waals surface area contributed by atoms with E-state index < -0.39 is 0 Å². The van der Waals surface area contributed by atoms with Crippen LogP contribution in [0.25, 0.3) is 11.5 Å². The van der Waals surface area contributed by atoms with Gasteiger partial charge in [-0.1, -0.05) is 17.3 Å². The molecule has 0 saturated carbocycles. The molecule has 27 heavy (non-hydrogen) atoms. The predicted octanol–water partition coefficient (Wildman–Crippen LogP) is 2.82. The third-order valence-electron chi connectivity index (χ3n) is 4.54. The van der Waals surface area contributed by atoms with Crippen LogP contribution in [0.3, 0.4) is 0 Å². The molecule has 6 nitrogen and oxygen atoms in total. The number of rotatable bonds is 5. The first-order valence-corrected chi connectivity index (χ1v) is 9.66. The van der Waals surface area contributed by atoms with E-state index in [-0.39, 0.29) is 11.7 Å². The Morgan fingerprint density at radius 1 is 1.19 bits per heavy atom. The van der Waals surface area contributed by atoms with Crippen LogP contribution in [-0.4, -0.2) is 52.0 Å². The van der Waals surface area contributed by atoms with Gasteiger partial charge in [0.05, 0.1) is 13.0 Å². The Kier molecular flexibility index (Phi) is 5.26. The zero-order valence-electron chi connectivity index (χ0n) is 14.7. The lowest BCUT2D eigenvalue weighted by Gasteiger charge is -2.34. The van der Waals surface area contributed by atoms with E-state index in [1.54, 1.807) is 23.5 Å². The van der Waals surface area contributed by atoms with Gasteiger partial charge in [0.2, 0.25) is 5.91 Å². The van der Waals surface area contributed by atoms with Crippen molar-refractivity contribution >= 4 is 17.2 Å². The van der Waals surface area contributed by atoms with Crippen molar-refractivity contribution in [2.45, 2.75) is 13.0 Å². The quantitative estimate of drug-likeness (QED) is 0.675. The molecule has 0 spiro atoms. The maximum Gasteiger partial charge on any atom is 0.258 e. The van der Waals surface area contributed by atoms with Crippen molar-refractivity contribution in [1.29, 1.82) is 0 Å². The van der Waals surface area contributed by atoms with E-state index in [9.17, 15) is 9.18 Å². The highest BCUT2D eigenvalue weighted by atomic mass is 32.1. The number of piperazine rings is 1. The summed E-state index contributed by atoms with van der Waals surface area (Å²) in [5.74, 6) is 0.711. The molecule has 1 amide bonds. The zero-order chi connectivity index (χ0) is 18.6. The third-order valence-corrected chi connectivity index (χ3v) is 5.41. The number of carbonyl (C=O) groups excluding carboxylic acids is 1. The summed E-state index contributed by atoms with van der Waals surface area (Å²) in [5.41, 5.74) is 0.567. The number of amides is 1. The van der Waals surface area contributed by atoms with Crippen molar-refractivity contribution in [2.24, 2.45) is 0 Å². The van der Waals surface area contributed by atoms with Crippen LogP contribution in [0.4, 0.5) is 4.39 Å². The van der Waals surface area contributed by atoms with E-state index in [1.165, 1.54) is 12.1 Å². The Bertz CT molecular complexity index is 904. The van der Waals surface area contributed by atoms with E-state index in [0.29, 0.717) is 43.3 Å². The molecule has 0 N–H and O–H groups in total. The first kappa shape index (κ1) is 17.8. The van der Waals surface area contributed by atoms with Crippen molar-refractivity contribution in [3.05, 3.63) is 58.3 Å². The maximum absolute atomic E-state index is 13.3. The second-order valence-electron chi connectivity index (χ2n) is 6.44. The topological polar surface area (TPSA) is 62.5 Å². The second kappa shape index (κ2) is 7.98. The van der Waals surface area contributed by atoms with Crippen LogP contribution in [-0.2, 0) is 17.8 Å². The summed E-state index contributed by atoms with van der Waals surface area (Å²) in [4.78, 5) is 21.9. The third kappa shape index (κ3) is 4.40. The molecule has 4 rings (SSSR count). The minimum absolute atomic E-state index is 0.171. The fraction of sp³-hybridized carbons (Fsp3) is 0.316. The molecule has 1 fully saturated rings. The maximum atomic E-state index is 13.3. The normalized spacial score (nSPS) is 15.2. The van der Waals surface area contributed by atoms with Gasteiger partial charge in [-0.15, -0.1) is 11.3 Å². The van der Waals surface area contributed by atoms with E-state index in [4.69, 9.17) is 4.52 Å². The summed E-state index contributed by atoms with van der Waals surface area (Å²) in [5, 5.41) is 5.98. The summed E-state index contributed by atoms with van der Waals surface area (Å²) in [7, 11) is 0. The van der Waals surface area contributed by atoms with Crippen LogP contribution in [0, 0.1) is 5.82 Å². The zero-order valence-corrected chi connectivity index (χ0v) is 15.5. The van der Waals surface area contributed by atoms with Crippen molar-refractivity contribution in [2.75, 3.05) is 26.2 Å². The molecule has 1 saturated heterocycles. The highest BCUT2D eigenvalue weighted by Gasteiger charge is 2.22. The Hall–Kier alpha value is -2.58. The first-order valence-electron chi connectivity index (χ1n) is 8.78. The number of nitrogens with zero attached hydrogens (tertiary/aromatic N) is 4. The monoisotopic (exact) mass is 386 g/mol. The smallest absolute Gasteiger partial charge is 0.258 e. The number of carbonyl (C=O) groups is 1. The van der Waals surface area contributed by atoms with E-state index in [2.05, 4.69) is 15.0 Å². The molecule has 0 unspecified atom stereocenters. The van der Waals surface area contributed by atoms with Crippen molar-refractivity contribution < 1.29 is 13.7 Å². The number of thiophene rings is 1. The molecule has 140 valence electrons. The molecular formula is C19H19FN4O2S. The Labute approximate surface area is 160 Å². The fourth-order valence-corrected chi connectivity index (χ4v) is 3.78. The van der Waals surface area contributed by atoms with Gasteiger partial charge >= 0.3 is 0 Å². The van der Waals surface area contributed by atoms with Gasteiger partial charge in [0, 0.05) is 36.6 Å². The standard InChI is InChI=1S/C19H19FN4O2S/c20-15-4-1-3-14(11-15)19-21-17(22-26-19)13-23-6-8-24(9-7-23)18(25)12-16-5-2-10-27-16/h1-5,10-11H,6-9,12-13H2. The van der Waals surface area contributed by atoms with Crippen LogP contribution in [0.1, 0.15) is 10.7 Å². The van der Waals surface area contributed by atoms with Crippen molar-refractivity contribution in [1.82, 2.24) is 19.9 Å². The Morgan fingerprint density at radius 3 is 2.78 bits per heavy atom.